The van der Waals surface area contributed by atoms with E-state index in [1.807, 2.05) is 0 Å². The molecule has 0 bridgehead atoms. The van der Waals surface area contributed by atoms with Gasteiger partial charge in [-0.15, -0.1) is 0 Å². The Morgan fingerprint density at radius 2 is 1.57 bits per heavy atom. The number of hydrogen-bond acceptors (Lipinski definition) is 4. The van der Waals surface area contributed by atoms with Crippen LogP contribution in [-0.2, 0) is 14.3 Å². The first-order chi connectivity index (χ1) is 14.5. The molecule has 4 heteroatoms. The van der Waals surface area contributed by atoms with Crippen LogP contribution in [0.4, 0.5) is 0 Å². The van der Waals surface area contributed by atoms with E-state index in [4.69, 9.17) is 14.3 Å². The molecule has 4 nitrogen and oxygen atoms in total. The van der Waals surface area contributed by atoms with E-state index in [1.54, 1.807) is 0 Å². The SMILES string of the molecule is CCCC(CC(C)C)(C1=NOCC(CC)O1)C1CCOCC1.CCCCCCCC. The summed E-state index contributed by atoms with van der Waals surface area (Å²) in [7, 11) is 0. The molecule has 0 aliphatic carbocycles. The maximum Gasteiger partial charge on any atom is 0.232 e. The predicted molar refractivity (Wildman–Crippen MR) is 128 cm³/mol. The Morgan fingerprint density at radius 3 is 2.07 bits per heavy atom. The lowest BCUT2D eigenvalue weighted by Gasteiger charge is -2.45. The van der Waals surface area contributed by atoms with Crippen LogP contribution in [0.15, 0.2) is 5.16 Å². The van der Waals surface area contributed by atoms with Gasteiger partial charge in [0, 0.05) is 13.2 Å². The first kappa shape index (κ1) is 27.3. The molecule has 1 saturated heterocycles. The van der Waals surface area contributed by atoms with Crippen LogP contribution >= 0.6 is 0 Å². The van der Waals surface area contributed by atoms with Crippen molar-refractivity contribution in [3.05, 3.63) is 0 Å². The lowest BCUT2D eigenvalue weighted by molar-refractivity contribution is -0.0324. The summed E-state index contributed by atoms with van der Waals surface area (Å²) in [6.45, 7) is 15.8. The Labute approximate surface area is 187 Å². The van der Waals surface area contributed by atoms with Gasteiger partial charge < -0.3 is 14.3 Å². The van der Waals surface area contributed by atoms with Crippen LogP contribution in [0.25, 0.3) is 0 Å². The fraction of sp³-hybridized carbons (Fsp3) is 0.962. The highest BCUT2D eigenvalue weighted by Crippen LogP contribution is 2.46. The molecule has 0 spiro atoms. The molecule has 0 aromatic carbocycles. The second-order valence-electron chi connectivity index (χ2n) is 9.65. The van der Waals surface area contributed by atoms with Crippen LogP contribution in [0, 0.1) is 17.3 Å². The van der Waals surface area contributed by atoms with E-state index in [-0.39, 0.29) is 11.5 Å². The largest absolute Gasteiger partial charge is 0.471 e. The number of rotatable bonds is 12. The number of hydrogen-bond donors (Lipinski definition) is 0. The van der Waals surface area contributed by atoms with Crippen LogP contribution in [0.1, 0.15) is 119 Å². The van der Waals surface area contributed by atoms with Gasteiger partial charge >= 0.3 is 0 Å². The molecule has 1 fully saturated rings. The smallest absolute Gasteiger partial charge is 0.232 e. The maximum absolute atomic E-state index is 6.29. The molecule has 0 amide bonds. The van der Waals surface area contributed by atoms with Gasteiger partial charge in [-0.1, -0.05) is 91.6 Å². The number of nitrogens with zero attached hydrogens (tertiary/aromatic N) is 1. The highest BCUT2D eigenvalue weighted by molar-refractivity contribution is 5.83. The van der Waals surface area contributed by atoms with E-state index in [0.717, 1.165) is 57.6 Å². The molecule has 178 valence electrons. The molecule has 0 radical (unpaired) electrons. The van der Waals surface area contributed by atoms with Crippen molar-refractivity contribution in [3.63, 3.8) is 0 Å². The Hall–Kier alpha value is -0.770. The third-order valence-electron chi connectivity index (χ3n) is 6.50. The summed E-state index contributed by atoms with van der Waals surface area (Å²) >= 11 is 0. The highest BCUT2D eigenvalue weighted by atomic mass is 16.7. The predicted octanol–water partition coefficient (Wildman–Crippen LogP) is 7.75. The third-order valence-corrected chi connectivity index (χ3v) is 6.50. The summed E-state index contributed by atoms with van der Waals surface area (Å²) < 4.78 is 11.9. The number of oxime groups is 1. The second kappa shape index (κ2) is 15.9. The monoisotopic (exact) mass is 425 g/mol. The molecule has 0 aromatic rings. The fourth-order valence-electron chi connectivity index (χ4n) is 4.92. The van der Waals surface area contributed by atoms with Crippen LogP contribution in [-0.4, -0.2) is 31.8 Å². The average Bonchev–Trinajstić information content (AvgIpc) is 2.77. The summed E-state index contributed by atoms with van der Waals surface area (Å²) in [5.74, 6) is 2.07. The van der Waals surface area contributed by atoms with Crippen molar-refractivity contribution in [2.75, 3.05) is 19.8 Å². The molecule has 0 N–H and O–H groups in total. The van der Waals surface area contributed by atoms with Crippen LogP contribution < -0.4 is 0 Å². The number of unbranched alkanes of at least 4 members (excludes halogenated alkanes) is 5. The van der Waals surface area contributed by atoms with Crippen LogP contribution in [0.3, 0.4) is 0 Å². The van der Waals surface area contributed by atoms with Crippen molar-refractivity contribution in [1.82, 2.24) is 0 Å². The van der Waals surface area contributed by atoms with E-state index < -0.39 is 0 Å². The Morgan fingerprint density at radius 1 is 0.933 bits per heavy atom. The number of ether oxygens (including phenoxy) is 2. The molecule has 2 aliphatic rings. The quantitative estimate of drug-likeness (QED) is 0.300. The summed E-state index contributed by atoms with van der Waals surface area (Å²) in [6.07, 6.45) is 15.2. The molecule has 0 saturated carbocycles. The van der Waals surface area contributed by atoms with Crippen LogP contribution in [0.2, 0.25) is 0 Å². The zero-order valence-corrected chi connectivity index (χ0v) is 21.0. The van der Waals surface area contributed by atoms with Gasteiger partial charge in [-0.3, -0.25) is 0 Å². The Balaban J connectivity index is 0.000000479. The van der Waals surface area contributed by atoms with Crippen molar-refractivity contribution in [2.24, 2.45) is 22.4 Å². The maximum atomic E-state index is 6.29. The second-order valence-corrected chi connectivity index (χ2v) is 9.65. The van der Waals surface area contributed by atoms with Gasteiger partial charge in [0.2, 0.25) is 5.90 Å². The molecule has 30 heavy (non-hydrogen) atoms. The van der Waals surface area contributed by atoms with E-state index in [9.17, 15) is 0 Å². The molecule has 2 heterocycles. The summed E-state index contributed by atoms with van der Waals surface area (Å²) in [4.78, 5) is 5.54. The molecule has 2 rings (SSSR count). The summed E-state index contributed by atoms with van der Waals surface area (Å²) in [5, 5.41) is 4.40. The first-order valence-corrected chi connectivity index (χ1v) is 13.0. The summed E-state index contributed by atoms with van der Waals surface area (Å²) in [6, 6.07) is 0. The Kier molecular flexibility index (Phi) is 14.5. The van der Waals surface area contributed by atoms with Crippen molar-refractivity contribution in [2.45, 2.75) is 125 Å². The normalized spacial score (nSPS) is 21.7. The van der Waals surface area contributed by atoms with Gasteiger partial charge in [0.25, 0.3) is 0 Å². The van der Waals surface area contributed by atoms with Crippen molar-refractivity contribution in [1.29, 1.82) is 0 Å². The minimum atomic E-state index is 0.0144. The molecule has 2 aliphatic heterocycles. The molecular formula is C26H51NO3. The van der Waals surface area contributed by atoms with Gasteiger partial charge in [0.1, 0.15) is 6.10 Å². The zero-order valence-electron chi connectivity index (χ0n) is 21.0. The lowest BCUT2D eigenvalue weighted by atomic mass is 9.64. The van der Waals surface area contributed by atoms with Gasteiger partial charge in [-0.25, -0.2) is 0 Å². The first-order valence-electron chi connectivity index (χ1n) is 13.0. The van der Waals surface area contributed by atoms with E-state index >= 15 is 0 Å². The van der Waals surface area contributed by atoms with Gasteiger partial charge in [0.15, 0.2) is 6.61 Å². The lowest BCUT2D eigenvalue weighted by Crippen LogP contribution is -2.46. The average molecular weight is 426 g/mol. The van der Waals surface area contributed by atoms with Crippen molar-refractivity contribution >= 4 is 5.90 Å². The van der Waals surface area contributed by atoms with Crippen LogP contribution in [0.5, 0.6) is 0 Å². The van der Waals surface area contributed by atoms with E-state index in [1.165, 1.54) is 38.5 Å². The van der Waals surface area contributed by atoms with E-state index in [2.05, 4.69) is 46.7 Å². The highest BCUT2D eigenvalue weighted by Gasteiger charge is 2.47. The zero-order chi connectivity index (χ0) is 22.2. The molecule has 2 unspecified atom stereocenters. The fourth-order valence-corrected chi connectivity index (χ4v) is 4.92. The van der Waals surface area contributed by atoms with Gasteiger partial charge in [-0.05, 0) is 43.9 Å². The summed E-state index contributed by atoms with van der Waals surface area (Å²) in [5.41, 5.74) is 0.0144. The molecule has 0 aromatic heterocycles. The minimum absolute atomic E-state index is 0.0144. The standard InChI is InChI=1S/C18H33NO3.C8H18/c1-5-9-18(12-14(3)4,15-7-10-20-11-8-15)17-19-21-13-16(6-2)22-17;1-3-5-7-8-6-4-2/h14-16H,5-13H2,1-4H3;3-8H2,1-2H3. The molecule has 2 atom stereocenters. The van der Waals surface area contributed by atoms with Gasteiger partial charge in [0.05, 0.1) is 5.41 Å². The van der Waals surface area contributed by atoms with Gasteiger partial charge in [-0.2, -0.15) is 0 Å². The molecular weight excluding hydrogens is 374 g/mol. The Bertz CT molecular complexity index is 440. The van der Waals surface area contributed by atoms with Crippen molar-refractivity contribution in [3.8, 4) is 0 Å². The topological polar surface area (TPSA) is 40.0 Å². The minimum Gasteiger partial charge on any atom is -0.471 e. The van der Waals surface area contributed by atoms with Crippen molar-refractivity contribution < 1.29 is 14.3 Å². The van der Waals surface area contributed by atoms with E-state index in [0.29, 0.717) is 18.4 Å². The third kappa shape index (κ3) is 9.16.